The van der Waals surface area contributed by atoms with Crippen molar-refractivity contribution >= 4 is 60.5 Å². The summed E-state index contributed by atoms with van der Waals surface area (Å²) in [6.07, 6.45) is 0. The van der Waals surface area contributed by atoms with Gasteiger partial charge in [0.15, 0.2) is 0 Å². The zero-order chi connectivity index (χ0) is 36.7. The lowest BCUT2D eigenvalue weighted by Crippen LogP contribution is -2.15. The van der Waals surface area contributed by atoms with Gasteiger partial charge in [-0.3, -0.25) is 0 Å². The van der Waals surface area contributed by atoms with E-state index in [0.29, 0.717) is 0 Å². The molecule has 1 aliphatic carbocycles. The van der Waals surface area contributed by atoms with Gasteiger partial charge in [-0.15, -0.1) is 0 Å². The number of anilines is 3. The molecule has 0 bridgehead atoms. The first-order chi connectivity index (χ1) is 27.0. The molecule has 1 aromatic heterocycles. The molecule has 2 nitrogen and oxygen atoms in total. The molecule has 0 spiro atoms. The fourth-order valence-electron chi connectivity index (χ4n) is 8.99. The predicted molar refractivity (Wildman–Crippen MR) is 232 cm³/mol. The van der Waals surface area contributed by atoms with Crippen LogP contribution in [0.25, 0.3) is 76.9 Å². The summed E-state index contributed by atoms with van der Waals surface area (Å²) >= 11 is 0. The fourth-order valence-corrected chi connectivity index (χ4v) is 8.99. The molecule has 0 amide bonds. The summed E-state index contributed by atoms with van der Waals surface area (Å²) in [5.41, 5.74) is 15.3. The number of hydrogen-bond acceptors (Lipinski definition) is 2. The summed E-state index contributed by atoms with van der Waals surface area (Å²) < 4.78 is 6.37. The van der Waals surface area contributed by atoms with Crippen molar-refractivity contribution in [1.29, 1.82) is 0 Å². The minimum Gasteiger partial charge on any atom is -0.456 e. The molecular formula is C53H37NO. The second-order valence-corrected chi connectivity index (χ2v) is 15.4. The lowest BCUT2D eigenvalue weighted by Gasteiger charge is -2.27. The number of furan rings is 1. The van der Waals surface area contributed by atoms with Gasteiger partial charge in [0.25, 0.3) is 0 Å². The van der Waals surface area contributed by atoms with E-state index in [4.69, 9.17) is 4.42 Å². The molecular weight excluding hydrogens is 667 g/mol. The molecule has 10 aromatic rings. The molecule has 2 heteroatoms. The smallest absolute Gasteiger partial charge is 0.136 e. The summed E-state index contributed by atoms with van der Waals surface area (Å²) in [4.78, 5) is 2.39. The van der Waals surface area contributed by atoms with Crippen molar-refractivity contribution in [3.8, 4) is 33.4 Å². The fraction of sp³-hybridized carbons (Fsp3) is 0.0566. The van der Waals surface area contributed by atoms with E-state index < -0.39 is 0 Å². The van der Waals surface area contributed by atoms with Gasteiger partial charge in [0.05, 0.1) is 0 Å². The molecule has 11 rings (SSSR count). The van der Waals surface area contributed by atoms with E-state index in [-0.39, 0.29) is 5.41 Å². The Balaban J connectivity index is 0.943. The van der Waals surface area contributed by atoms with Gasteiger partial charge in [-0.1, -0.05) is 147 Å². The van der Waals surface area contributed by atoms with Crippen molar-refractivity contribution in [1.82, 2.24) is 0 Å². The summed E-state index contributed by atoms with van der Waals surface area (Å²) in [7, 11) is 0. The number of benzene rings is 9. The Hall–Kier alpha value is -6.90. The minimum atomic E-state index is -0.0368. The summed E-state index contributed by atoms with van der Waals surface area (Å²) in [6, 6.07) is 68.5. The maximum absolute atomic E-state index is 6.37. The molecule has 0 aliphatic heterocycles. The van der Waals surface area contributed by atoms with E-state index in [1.807, 2.05) is 0 Å². The van der Waals surface area contributed by atoms with Gasteiger partial charge in [-0.25, -0.2) is 0 Å². The van der Waals surface area contributed by atoms with Gasteiger partial charge >= 0.3 is 0 Å². The number of rotatable bonds is 5. The maximum Gasteiger partial charge on any atom is 0.136 e. The summed E-state index contributed by atoms with van der Waals surface area (Å²) in [5, 5.41) is 7.25. The van der Waals surface area contributed by atoms with Crippen LogP contribution in [0.3, 0.4) is 0 Å². The highest BCUT2D eigenvalue weighted by molar-refractivity contribution is 6.19. The van der Waals surface area contributed by atoms with E-state index in [0.717, 1.165) is 44.7 Å². The summed E-state index contributed by atoms with van der Waals surface area (Å²) in [6.45, 7) is 4.68. The van der Waals surface area contributed by atoms with Crippen LogP contribution < -0.4 is 4.90 Å². The molecule has 9 aromatic carbocycles. The maximum atomic E-state index is 6.37. The molecule has 0 radical (unpaired) electrons. The molecule has 1 heterocycles. The lowest BCUT2D eigenvalue weighted by atomic mass is 9.82. The Kier molecular flexibility index (Phi) is 6.93. The Labute approximate surface area is 320 Å². The Morgan fingerprint density at radius 2 is 0.964 bits per heavy atom. The number of fused-ring (bicyclic) bond motifs is 9. The third-order valence-electron chi connectivity index (χ3n) is 11.9. The van der Waals surface area contributed by atoms with Crippen molar-refractivity contribution in [3.63, 3.8) is 0 Å². The highest BCUT2D eigenvalue weighted by Gasteiger charge is 2.35. The van der Waals surface area contributed by atoms with Gasteiger partial charge < -0.3 is 9.32 Å². The van der Waals surface area contributed by atoms with Crippen LogP contribution in [0.5, 0.6) is 0 Å². The average molecular weight is 704 g/mol. The topological polar surface area (TPSA) is 16.4 Å². The second-order valence-electron chi connectivity index (χ2n) is 15.4. The number of nitrogens with zero attached hydrogens (tertiary/aromatic N) is 1. The zero-order valence-corrected chi connectivity index (χ0v) is 30.8. The van der Waals surface area contributed by atoms with Crippen molar-refractivity contribution in [3.05, 3.63) is 199 Å². The van der Waals surface area contributed by atoms with Crippen LogP contribution in [0.2, 0.25) is 0 Å². The molecule has 55 heavy (non-hydrogen) atoms. The normalized spacial score (nSPS) is 13.1. The van der Waals surface area contributed by atoms with Crippen LogP contribution in [-0.4, -0.2) is 0 Å². The quantitative estimate of drug-likeness (QED) is 0.177. The van der Waals surface area contributed by atoms with Gasteiger partial charge in [0, 0.05) is 33.2 Å². The second kappa shape index (κ2) is 12.1. The highest BCUT2D eigenvalue weighted by atomic mass is 16.3. The molecule has 260 valence electrons. The summed E-state index contributed by atoms with van der Waals surface area (Å²) in [5.74, 6) is 0. The molecule has 0 atom stereocenters. The molecule has 1 aliphatic rings. The molecule has 0 saturated heterocycles. The van der Waals surface area contributed by atoms with E-state index in [1.165, 1.54) is 60.3 Å². The van der Waals surface area contributed by atoms with Crippen LogP contribution in [0, 0.1) is 0 Å². The highest BCUT2D eigenvalue weighted by Crippen LogP contribution is 2.50. The first kappa shape index (κ1) is 31.6. The molecule has 0 fully saturated rings. The van der Waals surface area contributed by atoms with E-state index in [2.05, 4.69) is 207 Å². The Morgan fingerprint density at radius 3 is 1.78 bits per heavy atom. The van der Waals surface area contributed by atoms with E-state index in [9.17, 15) is 0 Å². The van der Waals surface area contributed by atoms with E-state index >= 15 is 0 Å². The third-order valence-corrected chi connectivity index (χ3v) is 11.9. The standard InChI is InChI=1S/C53H37NO/c1-53(2)48-14-8-7-13-45(48)47-33-43(27-29-49(47)53)54(42-26-21-34-9-3-4-11-39(34)31-42)41-24-19-36(20-25-41)35-15-17-37(18-16-35)40-22-28-46-51(32-40)55-50-30-23-38-10-5-6-12-44(38)52(46)50/h3-33H,1-2H3. The van der Waals surface area contributed by atoms with Crippen LogP contribution >= 0.6 is 0 Å². The van der Waals surface area contributed by atoms with Gasteiger partial charge in [-0.05, 0) is 121 Å². The van der Waals surface area contributed by atoms with Crippen LogP contribution in [0.4, 0.5) is 17.1 Å². The number of hydrogen-bond donors (Lipinski definition) is 0. The van der Waals surface area contributed by atoms with Gasteiger partial charge in [0.2, 0.25) is 0 Å². The van der Waals surface area contributed by atoms with Crippen molar-refractivity contribution in [2.24, 2.45) is 0 Å². The van der Waals surface area contributed by atoms with Gasteiger partial charge in [-0.2, -0.15) is 0 Å². The first-order valence-electron chi connectivity index (χ1n) is 19.1. The van der Waals surface area contributed by atoms with Crippen molar-refractivity contribution in [2.75, 3.05) is 4.90 Å². The minimum absolute atomic E-state index is 0.0368. The lowest BCUT2D eigenvalue weighted by molar-refractivity contribution is 0.660. The first-order valence-corrected chi connectivity index (χ1v) is 19.1. The molecule has 0 N–H and O–H groups in total. The predicted octanol–water partition coefficient (Wildman–Crippen LogP) is 15.0. The zero-order valence-electron chi connectivity index (χ0n) is 30.8. The Bertz CT molecular complexity index is 3110. The molecule has 0 unspecified atom stereocenters. The van der Waals surface area contributed by atoms with Crippen LogP contribution in [0.1, 0.15) is 25.0 Å². The SMILES string of the molecule is CC1(C)c2ccccc2-c2cc(N(c3ccc(-c4ccc(-c5ccc6c(c5)oc5ccc7ccccc7c56)cc4)cc3)c3ccc4ccccc4c3)ccc21. The van der Waals surface area contributed by atoms with Crippen molar-refractivity contribution in [2.45, 2.75) is 19.3 Å². The third kappa shape index (κ3) is 5.02. The largest absolute Gasteiger partial charge is 0.456 e. The molecule has 0 saturated carbocycles. The Morgan fingerprint density at radius 1 is 0.382 bits per heavy atom. The van der Waals surface area contributed by atoms with Crippen LogP contribution in [0.15, 0.2) is 192 Å². The van der Waals surface area contributed by atoms with Gasteiger partial charge in [0.1, 0.15) is 11.2 Å². The average Bonchev–Trinajstić information content (AvgIpc) is 3.73. The monoisotopic (exact) mass is 703 g/mol. The van der Waals surface area contributed by atoms with Crippen LogP contribution in [-0.2, 0) is 5.41 Å². The van der Waals surface area contributed by atoms with E-state index in [1.54, 1.807) is 0 Å². The van der Waals surface area contributed by atoms with Crippen molar-refractivity contribution < 1.29 is 4.42 Å².